The molecule has 166 valence electrons. The van der Waals surface area contributed by atoms with Crippen molar-refractivity contribution in [2.24, 2.45) is 11.8 Å². The van der Waals surface area contributed by atoms with E-state index < -0.39 is 15.8 Å². The number of allylic oxidation sites excluding steroid dienone is 2. The number of amides is 3. The molecule has 2 heterocycles. The molecule has 2 unspecified atom stereocenters. The highest BCUT2D eigenvalue weighted by Gasteiger charge is 2.47. The van der Waals surface area contributed by atoms with Crippen LogP contribution in [0.1, 0.15) is 19.3 Å². The number of hydrogen-bond donors (Lipinski definition) is 0. The number of likely N-dealkylation sites (tertiary alicyclic amines) is 1. The molecule has 2 saturated heterocycles. The van der Waals surface area contributed by atoms with Gasteiger partial charge in [0.15, 0.2) is 0 Å². The molecule has 3 aliphatic rings. The SMILES string of the molecule is O=C(CCN1C(=O)C2CC=CCC2C1=O)N1CCN(S(=O)(=O)c2ccc(F)cc2)CC1. The molecule has 2 fully saturated rings. The van der Waals surface area contributed by atoms with Gasteiger partial charge in [-0.05, 0) is 37.1 Å². The fourth-order valence-corrected chi connectivity index (χ4v) is 5.81. The number of carbonyl (C=O) groups excluding carboxylic acids is 3. The molecule has 8 nitrogen and oxygen atoms in total. The summed E-state index contributed by atoms with van der Waals surface area (Å²) in [6.07, 6.45) is 4.98. The maximum absolute atomic E-state index is 13.1. The lowest BCUT2D eigenvalue weighted by molar-refractivity contribution is -0.141. The van der Waals surface area contributed by atoms with Crippen LogP contribution >= 0.6 is 0 Å². The Morgan fingerprint density at radius 3 is 2.03 bits per heavy atom. The highest BCUT2D eigenvalue weighted by atomic mass is 32.2. The zero-order valence-electron chi connectivity index (χ0n) is 16.9. The van der Waals surface area contributed by atoms with Gasteiger partial charge in [0, 0.05) is 39.1 Å². The summed E-state index contributed by atoms with van der Waals surface area (Å²) in [5.41, 5.74) is 0. The summed E-state index contributed by atoms with van der Waals surface area (Å²) in [7, 11) is -3.75. The predicted octanol–water partition coefficient (Wildman–Crippen LogP) is 1.000. The third kappa shape index (κ3) is 4.14. The van der Waals surface area contributed by atoms with Gasteiger partial charge in [0.05, 0.1) is 16.7 Å². The first-order valence-electron chi connectivity index (χ1n) is 10.3. The van der Waals surface area contributed by atoms with Crippen LogP contribution in [0.2, 0.25) is 0 Å². The van der Waals surface area contributed by atoms with Crippen molar-refractivity contribution in [1.29, 1.82) is 0 Å². The van der Waals surface area contributed by atoms with Crippen LogP contribution in [0, 0.1) is 17.7 Å². The fourth-order valence-electron chi connectivity index (χ4n) is 4.39. The molecule has 1 aromatic rings. The molecule has 1 aliphatic carbocycles. The second-order valence-electron chi connectivity index (χ2n) is 7.97. The molecule has 0 spiro atoms. The van der Waals surface area contributed by atoms with Crippen LogP contribution in [0.5, 0.6) is 0 Å². The van der Waals surface area contributed by atoms with Gasteiger partial charge in [-0.1, -0.05) is 12.2 Å². The predicted molar refractivity (Wildman–Crippen MR) is 108 cm³/mol. The molecule has 0 radical (unpaired) electrons. The maximum Gasteiger partial charge on any atom is 0.243 e. The lowest BCUT2D eigenvalue weighted by Gasteiger charge is -2.34. The molecule has 0 bridgehead atoms. The van der Waals surface area contributed by atoms with E-state index in [1.54, 1.807) is 4.90 Å². The molecule has 2 aliphatic heterocycles. The van der Waals surface area contributed by atoms with E-state index in [0.29, 0.717) is 12.8 Å². The quantitative estimate of drug-likeness (QED) is 0.494. The Morgan fingerprint density at radius 1 is 0.935 bits per heavy atom. The average Bonchev–Trinajstić information content (AvgIpc) is 3.02. The van der Waals surface area contributed by atoms with Gasteiger partial charge >= 0.3 is 0 Å². The summed E-state index contributed by atoms with van der Waals surface area (Å²) < 4.78 is 39.7. The van der Waals surface area contributed by atoms with Crippen LogP contribution in [0.15, 0.2) is 41.3 Å². The topological polar surface area (TPSA) is 95.1 Å². The number of imide groups is 1. The van der Waals surface area contributed by atoms with Gasteiger partial charge in [-0.3, -0.25) is 19.3 Å². The largest absolute Gasteiger partial charge is 0.340 e. The van der Waals surface area contributed by atoms with Crippen molar-refractivity contribution in [3.05, 3.63) is 42.2 Å². The molecule has 3 amide bonds. The third-order valence-corrected chi connectivity index (χ3v) is 8.10. The monoisotopic (exact) mass is 449 g/mol. The highest BCUT2D eigenvalue weighted by Crippen LogP contribution is 2.35. The van der Waals surface area contributed by atoms with Crippen molar-refractivity contribution in [3.8, 4) is 0 Å². The minimum atomic E-state index is -3.75. The molecule has 4 rings (SSSR count). The summed E-state index contributed by atoms with van der Waals surface area (Å²) in [5.74, 6) is -1.77. The first-order chi connectivity index (χ1) is 14.8. The standard InChI is InChI=1S/C21H24FN3O5S/c22-15-5-7-16(8-6-15)31(29,30)24-13-11-23(12-14-24)19(26)9-10-25-20(27)17-3-1-2-4-18(17)21(25)28/h1-2,5-8,17-18H,3-4,9-14H2. The number of fused-ring (bicyclic) bond motifs is 1. The summed E-state index contributed by atoms with van der Waals surface area (Å²) in [6.45, 7) is 0.746. The van der Waals surface area contributed by atoms with E-state index in [-0.39, 0.29) is 73.6 Å². The smallest absolute Gasteiger partial charge is 0.243 e. The van der Waals surface area contributed by atoms with Gasteiger partial charge in [0.2, 0.25) is 27.7 Å². The first kappa shape index (κ1) is 21.6. The van der Waals surface area contributed by atoms with Crippen LogP contribution in [-0.2, 0) is 24.4 Å². The van der Waals surface area contributed by atoms with Crippen molar-refractivity contribution in [1.82, 2.24) is 14.1 Å². The van der Waals surface area contributed by atoms with Gasteiger partial charge in [0.25, 0.3) is 0 Å². The summed E-state index contributed by atoms with van der Waals surface area (Å²) in [4.78, 5) is 40.4. The molecule has 2 atom stereocenters. The summed E-state index contributed by atoms with van der Waals surface area (Å²) >= 11 is 0. The summed E-state index contributed by atoms with van der Waals surface area (Å²) in [5, 5.41) is 0. The second kappa shape index (κ2) is 8.51. The van der Waals surface area contributed by atoms with Gasteiger partial charge in [-0.25, -0.2) is 12.8 Å². The van der Waals surface area contributed by atoms with Gasteiger partial charge in [-0.2, -0.15) is 4.31 Å². The highest BCUT2D eigenvalue weighted by molar-refractivity contribution is 7.89. The second-order valence-corrected chi connectivity index (χ2v) is 9.91. The Morgan fingerprint density at radius 2 is 1.48 bits per heavy atom. The van der Waals surface area contributed by atoms with E-state index in [1.807, 2.05) is 12.2 Å². The number of nitrogens with zero attached hydrogens (tertiary/aromatic N) is 3. The Balaban J connectivity index is 1.30. The number of benzene rings is 1. The number of rotatable bonds is 5. The van der Waals surface area contributed by atoms with E-state index in [0.717, 1.165) is 12.1 Å². The number of piperazine rings is 1. The van der Waals surface area contributed by atoms with Gasteiger partial charge in [-0.15, -0.1) is 0 Å². The van der Waals surface area contributed by atoms with Crippen LogP contribution in [0.4, 0.5) is 4.39 Å². The van der Waals surface area contributed by atoms with E-state index in [4.69, 9.17) is 0 Å². The number of halogens is 1. The normalized spacial score (nSPS) is 24.5. The number of sulfonamides is 1. The lowest BCUT2D eigenvalue weighted by Crippen LogP contribution is -2.51. The van der Waals surface area contributed by atoms with E-state index >= 15 is 0 Å². The molecule has 1 aromatic carbocycles. The minimum Gasteiger partial charge on any atom is -0.340 e. The van der Waals surface area contributed by atoms with Crippen molar-refractivity contribution in [3.63, 3.8) is 0 Å². The molecule has 0 saturated carbocycles. The van der Waals surface area contributed by atoms with Crippen molar-refractivity contribution >= 4 is 27.7 Å². The molecular formula is C21H24FN3O5S. The number of hydrogen-bond acceptors (Lipinski definition) is 5. The molecule has 0 aromatic heterocycles. The number of carbonyl (C=O) groups is 3. The third-order valence-electron chi connectivity index (χ3n) is 6.19. The van der Waals surface area contributed by atoms with E-state index in [1.165, 1.54) is 21.3 Å². The van der Waals surface area contributed by atoms with Crippen LogP contribution in [0.25, 0.3) is 0 Å². The molecule has 10 heteroatoms. The molecule has 31 heavy (non-hydrogen) atoms. The Hall–Kier alpha value is -2.59. The van der Waals surface area contributed by atoms with Crippen molar-refractivity contribution in [2.45, 2.75) is 24.2 Å². The zero-order valence-corrected chi connectivity index (χ0v) is 17.8. The maximum atomic E-state index is 13.1. The van der Waals surface area contributed by atoms with Crippen molar-refractivity contribution in [2.75, 3.05) is 32.7 Å². The zero-order chi connectivity index (χ0) is 22.2. The first-order valence-corrected chi connectivity index (χ1v) is 11.8. The van der Waals surface area contributed by atoms with E-state index in [9.17, 15) is 27.2 Å². The Bertz CT molecular complexity index is 990. The molecule has 0 N–H and O–H groups in total. The van der Waals surface area contributed by atoms with Crippen LogP contribution < -0.4 is 0 Å². The van der Waals surface area contributed by atoms with Crippen molar-refractivity contribution < 1.29 is 27.2 Å². The van der Waals surface area contributed by atoms with Crippen LogP contribution in [0.3, 0.4) is 0 Å². The van der Waals surface area contributed by atoms with Crippen LogP contribution in [-0.4, -0.2) is 73.0 Å². The lowest BCUT2D eigenvalue weighted by atomic mass is 9.85. The minimum absolute atomic E-state index is 0.00990. The Labute approximate surface area is 180 Å². The summed E-state index contributed by atoms with van der Waals surface area (Å²) in [6, 6.07) is 4.64. The Kier molecular flexibility index (Phi) is 5.94. The van der Waals surface area contributed by atoms with Gasteiger partial charge in [0.1, 0.15) is 5.82 Å². The fraction of sp³-hybridized carbons (Fsp3) is 0.476. The van der Waals surface area contributed by atoms with Gasteiger partial charge < -0.3 is 4.90 Å². The molecular weight excluding hydrogens is 425 g/mol. The average molecular weight is 450 g/mol. The van der Waals surface area contributed by atoms with E-state index in [2.05, 4.69) is 0 Å².